The molecule has 0 spiro atoms. The molecule has 4 nitrogen and oxygen atoms in total. The molecule has 0 aliphatic heterocycles. The molecule has 17 heavy (non-hydrogen) atoms. The van der Waals surface area contributed by atoms with Crippen LogP contribution in [0.2, 0.25) is 0 Å². The Balaban J connectivity index is 2.39. The van der Waals surface area contributed by atoms with E-state index in [9.17, 15) is 0 Å². The van der Waals surface area contributed by atoms with Crippen molar-refractivity contribution in [2.45, 2.75) is 32.9 Å². The topological polar surface area (TPSA) is 43.4 Å². The van der Waals surface area contributed by atoms with Crippen molar-refractivity contribution in [2.24, 2.45) is 0 Å². The molecule has 96 valence electrons. The smallest absolute Gasteiger partial charge is 0.138 e. The first-order valence-corrected chi connectivity index (χ1v) is 6.07. The zero-order chi connectivity index (χ0) is 12.5. The maximum Gasteiger partial charge on any atom is 0.138 e. The van der Waals surface area contributed by atoms with Crippen LogP contribution in [0.25, 0.3) is 0 Å². The molecule has 1 aromatic rings. The van der Waals surface area contributed by atoms with Crippen LogP contribution < -0.4 is 10.1 Å². The minimum atomic E-state index is 0.0471. The summed E-state index contributed by atoms with van der Waals surface area (Å²) in [6.07, 6.45) is 2.94. The SMILES string of the molecule is CCCNCc1ccc(OC(C)COC)cn1. The molecule has 0 bridgehead atoms. The minimum Gasteiger partial charge on any atom is -0.487 e. The lowest BCUT2D eigenvalue weighted by atomic mass is 10.3. The van der Waals surface area contributed by atoms with E-state index < -0.39 is 0 Å². The second-order valence-electron chi connectivity index (χ2n) is 4.05. The van der Waals surface area contributed by atoms with Gasteiger partial charge in [0.15, 0.2) is 0 Å². The Bertz CT molecular complexity index is 301. The molecule has 0 aliphatic rings. The van der Waals surface area contributed by atoms with Crippen LogP contribution in [0.1, 0.15) is 26.0 Å². The monoisotopic (exact) mass is 238 g/mol. The normalized spacial score (nSPS) is 12.4. The number of methoxy groups -OCH3 is 1. The van der Waals surface area contributed by atoms with Crippen molar-refractivity contribution in [2.75, 3.05) is 20.3 Å². The highest BCUT2D eigenvalue weighted by Gasteiger charge is 2.03. The lowest BCUT2D eigenvalue weighted by molar-refractivity contribution is 0.0918. The Morgan fingerprint density at radius 3 is 2.82 bits per heavy atom. The Morgan fingerprint density at radius 2 is 2.24 bits per heavy atom. The second kappa shape index (κ2) is 8.03. The maximum atomic E-state index is 5.63. The lowest BCUT2D eigenvalue weighted by Gasteiger charge is -2.13. The molecule has 1 rings (SSSR count). The van der Waals surface area contributed by atoms with Crippen LogP contribution in [-0.2, 0) is 11.3 Å². The number of rotatable bonds is 8. The van der Waals surface area contributed by atoms with Crippen LogP contribution in [-0.4, -0.2) is 31.3 Å². The average molecular weight is 238 g/mol. The van der Waals surface area contributed by atoms with Crippen molar-refractivity contribution in [3.8, 4) is 5.75 Å². The molecule has 0 amide bonds. The third-order valence-electron chi connectivity index (χ3n) is 2.27. The van der Waals surface area contributed by atoms with Crippen LogP contribution in [0, 0.1) is 0 Å². The van der Waals surface area contributed by atoms with Crippen LogP contribution in [0.5, 0.6) is 5.75 Å². The van der Waals surface area contributed by atoms with E-state index in [1.54, 1.807) is 13.3 Å². The highest BCUT2D eigenvalue weighted by Crippen LogP contribution is 2.11. The van der Waals surface area contributed by atoms with E-state index in [-0.39, 0.29) is 6.10 Å². The van der Waals surface area contributed by atoms with Gasteiger partial charge in [0.25, 0.3) is 0 Å². The average Bonchev–Trinajstić information content (AvgIpc) is 2.32. The maximum absolute atomic E-state index is 5.63. The van der Waals surface area contributed by atoms with Gasteiger partial charge in [0.1, 0.15) is 11.9 Å². The molecule has 0 aromatic carbocycles. The molecule has 0 saturated carbocycles. The van der Waals surface area contributed by atoms with Crippen molar-refractivity contribution in [1.82, 2.24) is 10.3 Å². The van der Waals surface area contributed by atoms with E-state index in [2.05, 4.69) is 17.2 Å². The van der Waals surface area contributed by atoms with E-state index in [0.717, 1.165) is 31.0 Å². The highest BCUT2D eigenvalue weighted by atomic mass is 16.5. The summed E-state index contributed by atoms with van der Waals surface area (Å²) >= 11 is 0. The zero-order valence-corrected chi connectivity index (χ0v) is 10.9. The van der Waals surface area contributed by atoms with Gasteiger partial charge in [-0.25, -0.2) is 0 Å². The summed E-state index contributed by atoms with van der Waals surface area (Å²) in [5.74, 6) is 0.786. The highest BCUT2D eigenvalue weighted by molar-refractivity contribution is 5.20. The first-order valence-electron chi connectivity index (χ1n) is 6.07. The number of nitrogens with zero attached hydrogens (tertiary/aromatic N) is 1. The van der Waals surface area contributed by atoms with Crippen LogP contribution in [0.3, 0.4) is 0 Å². The van der Waals surface area contributed by atoms with E-state index in [1.807, 2.05) is 19.1 Å². The summed E-state index contributed by atoms with van der Waals surface area (Å²) in [7, 11) is 1.67. The summed E-state index contributed by atoms with van der Waals surface area (Å²) in [5.41, 5.74) is 1.03. The van der Waals surface area contributed by atoms with Crippen molar-refractivity contribution in [3.05, 3.63) is 24.0 Å². The Morgan fingerprint density at radius 1 is 1.41 bits per heavy atom. The van der Waals surface area contributed by atoms with E-state index in [0.29, 0.717) is 6.61 Å². The van der Waals surface area contributed by atoms with Gasteiger partial charge in [-0.05, 0) is 32.0 Å². The molecule has 0 radical (unpaired) electrons. The number of hydrogen-bond donors (Lipinski definition) is 1. The Kier molecular flexibility index (Phi) is 6.58. The molecule has 1 heterocycles. The van der Waals surface area contributed by atoms with Gasteiger partial charge in [0.05, 0.1) is 18.5 Å². The van der Waals surface area contributed by atoms with Crippen LogP contribution in [0.4, 0.5) is 0 Å². The molecule has 1 atom stereocenters. The first-order chi connectivity index (χ1) is 8.26. The summed E-state index contributed by atoms with van der Waals surface area (Å²) in [6.45, 7) is 6.53. The van der Waals surface area contributed by atoms with Crippen LogP contribution >= 0.6 is 0 Å². The summed E-state index contributed by atoms with van der Waals surface area (Å²) in [5, 5.41) is 3.31. The fraction of sp³-hybridized carbons (Fsp3) is 0.615. The number of hydrogen-bond acceptors (Lipinski definition) is 4. The van der Waals surface area contributed by atoms with Crippen LogP contribution in [0.15, 0.2) is 18.3 Å². The van der Waals surface area contributed by atoms with Crippen molar-refractivity contribution >= 4 is 0 Å². The second-order valence-corrected chi connectivity index (χ2v) is 4.05. The number of ether oxygens (including phenoxy) is 2. The quantitative estimate of drug-likeness (QED) is 0.703. The molecule has 1 aromatic heterocycles. The van der Waals surface area contributed by atoms with Gasteiger partial charge in [-0.2, -0.15) is 0 Å². The Labute approximate surface area is 103 Å². The fourth-order valence-electron chi connectivity index (χ4n) is 1.48. The van der Waals surface area contributed by atoms with Gasteiger partial charge in [-0.3, -0.25) is 4.98 Å². The fourth-order valence-corrected chi connectivity index (χ4v) is 1.48. The predicted molar refractivity (Wildman–Crippen MR) is 68.2 cm³/mol. The van der Waals surface area contributed by atoms with Gasteiger partial charge in [-0.1, -0.05) is 6.92 Å². The third-order valence-corrected chi connectivity index (χ3v) is 2.27. The van der Waals surface area contributed by atoms with Crippen molar-refractivity contribution in [1.29, 1.82) is 0 Å². The van der Waals surface area contributed by atoms with Gasteiger partial charge in [0, 0.05) is 13.7 Å². The van der Waals surface area contributed by atoms with Crippen molar-refractivity contribution in [3.63, 3.8) is 0 Å². The molecular weight excluding hydrogens is 216 g/mol. The molecule has 0 saturated heterocycles. The molecular formula is C13H22N2O2. The standard InChI is InChI=1S/C13H22N2O2/c1-4-7-14-8-12-5-6-13(9-15-12)17-11(2)10-16-3/h5-6,9,11,14H,4,7-8,10H2,1-3H3. The molecule has 1 N–H and O–H groups in total. The van der Waals surface area contributed by atoms with Crippen molar-refractivity contribution < 1.29 is 9.47 Å². The molecule has 0 aliphatic carbocycles. The van der Waals surface area contributed by atoms with E-state index >= 15 is 0 Å². The van der Waals surface area contributed by atoms with Gasteiger partial charge >= 0.3 is 0 Å². The number of aromatic nitrogens is 1. The summed E-state index contributed by atoms with van der Waals surface area (Å²) in [6, 6.07) is 3.93. The third kappa shape index (κ3) is 5.65. The molecule has 4 heteroatoms. The largest absolute Gasteiger partial charge is 0.487 e. The molecule has 1 unspecified atom stereocenters. The lowest BCUT2D eigenvalue weighted by Crippen LogP contribution is -2.18. The molecule has 0 fully saturated rings. The zero-order valence-electron chi connectivity index (χ0n) is 10.9. The van der Waals surface area contributed by atoms with Gasteiger partial charge in [0.2, 0.25) is 0 Å². The Hall–Kier alpha value is -1.13. The number of pyridine rings is 1. The minimum absolute atomic E-state index is 0.0471. The van der Waals surface area contributed by atoms with E-state index in [4.69, 9.17) is 9.47 Å². The number of nitrogens with one attached hydrogen (secondary N) is 1. The first kappa shape index (κ1) is 13.9. The summed E-state index contributed by atoms with van der Waals surface area (Å²) in [4.78, 5) is 4.34. The van der Waals surface area contributed by atoms with Gasteiger partial charge in [-0.15, -0.1) is 0 Å². The van der Waals surface area contributed by atoms with E-state index in [1.165, 1.54) is 0 Å². The predicted octanol–water partition coefficient (Wildman–Crippen LogP) is 1.99. The summed E-state index contributed by atoms with van der Waals surface area (Å²) < 4.78 is 10.6. The van der Waals surface area contributed by atoms with Gasteiger partial charge < -0.3 is 14.8 Å².